The van der Waals surface area contributed by atoms with Gasteiger partial charge in [-0.15, -0.1) is 11.3 Å². The number of nitrogens with zero attached hydrogens (tertiary/aromatic N) is 2. The number of anilines is 3. The topological polar surface area (TPSA) is 8.17 Å². The lowest BCUT2D eigenvalue weighted by atomic mass is 9.99. The molecule has 0 saturated carbocycles. The van der Waals surface area contributed by atoms with Crippen LogP contribution < -0.4 is 4.90 Å². The Kier molecular flexibility index (Phi) is 8.39. The molecule has 10 aromatic carbocycles. The molecule has 0 unspecified atom stereocenters. The monoisotopic (exact) mass is 794 g/mol. The maximum Gasteiger partial charge on any atom is 0.0541 e. The first kappa shape index (κ1) is 35.2. The third kappa shape index (κ3) is 5.93. The number of fused-ring (bicyclic) bond motifs is 8. The molecular formula is C58H38N2S. The van der Waals surface area contributed by atoms with Gasteiger partial charge in [0.1, 0.15) is 0 Å². The van der Waals surface area contributed by atoms with Crippen molar-refractivity contribution in [2.24, 2.45) is 0 Å². The predicted molar refractivity (Wildman–Crippen MR) is 262 cm³/mol. The Bertz CT molecular complexity index is 3520. The normalized spacial score (nSPS) is 11.6. The Morgan fingerprint density at radius 2 is 0.869 bits per heavy atom. The van der Waals surface area contributed by atoms with Crippen LogP contribution in [0.3, 0.4) is 0 Å². The van der Waals surface area contributed by atoms with Gasteiger partial charge in [-0.1, -0.05) is 176 Å². The third-order valence-electron chi connectivity index (χ3n) is 12.2. The van der Waals surface area contributed by atoms with E-state index in [9.17, 15) is 0 Å². The third-order valence-corrected chi connectivity index (χ3v) is 13.5. The minimum Gasteiger partial charge on any atom is -0.310 e. The summed E-state index contributed by atoms with van der Waals surface area (Å²) in [7, 11) is 0. The van der Waals surface area contributed by atoms with Crippen molar-refractivity contribution in [3.8, 4) is 39.1 Å². The number of hydrogen-bond acceptors (Lipinski definition) is 2. The van der Waals surface area contributed by atoms with Crippen molar-refractivity contribution in [1.29, 1.82) is 0 Å². The van der Waals surface area contributed by atoms with Crippen molar-refractivity contribution in [2.75, 3.05) is 4.90 Å². The minimum absolute atomic E-state index is 1.09. The molecule has 12 rings (SSSR count). The van der Waals surface area contributed by atoms with Crippen LogP contribution in [-0.4, -0.2) is 4.57 Å². The first-order valence-corrected chi connectivity index (χ1v) is 21.7. The van der Waals surface area contributed by atoms with Crippen LogP contribution in [0, 0.1) is 0 Å². The number of para-hydroxylation sites is 3. The van der Waals surface area contributed by atoms with Gasteiger partial charge in [0.2, 0.25) is 0 Å². The van der Waals surface area contributed by atoms with E-state index in [1.54, 1.807) is 0 Å². The maximum atomic E-state index is 2.40. The number of benzene rings is 10. The summed E-state index contributed by atoms with van der Waals surface area (Å²) in [5.74, 6) is 0. The molecule has 0 aliphatic rings. The Balaban J connectivity index is 0.953. The van der Waals surface area contributed by atoms with Crippen LogP contribution in [0.25, 0.3) is 91.8 Å². The molecule has 0 aliphatic heterocycles. The molecule has 0 bridgehead atoms. The van der Waals surface area contributed by atoms with Crippen LogP contribution in [-0.2, 0) is 0 Å². The van der Waals surface area contributed by atoms with Crippen molar-refractivity contribution in [1.82, 2.24) is 4.57 Å². The quantitative estimate of drug-likeness (QED) is 0.156. The van der Waals surface area contributed by atoms with Crippen LogP contribution in [0.15, 0.2) is 231 Å². The van der Waals surface area contributed by atoms with Gasteiger partial charge < -0.3 is 9.47 Å². The molecule has 0 atom stereocenters. The Morgan fingerprint density at radius 3 is 1.62 bits per heavy atom. The smallest absolute Gasteiger partial charge is 0.0541 e. The van der Waals surface area contributed by atoms with E-state index >= 15 is 0 Å². The van der Waals surface area contributed by atoms with E-state index in [1.807, 2.05) is 11.3 Å². The molecule has 2 aromatic heterocycles. The summed E-state index contributed by atoms with van der Waals surface area (Å²) < 4.78 is 5.06. The van der Waals surface area contributed by atoms with Crippen LogP contribution >= 0.6 is 11.3 Å². The van der Waals surface area contributed by atoms with Gasteiger partial charge in [-0.25, -0.2) is 0 Å². The molecule has 0 saturated heterocycles. The molecule has 0 aliphatic carbocycles. The number of aromatic nitrogens is 1. The predicted octanol–water partition coefficient (Wildman–Crippen LogP) is 16.8. The van der Waals surface area contributed by atoms with Crippen molar-refractivity contribution >= 4 is 81.1 Å². The van der Waals surface area contributed by atoms with Gasteiger partial charge in [0, 0.05) is 53.6 Å². The number of rotatable bonds is 7. The first-order valence-electron chi connectivity index (χ1n) is 20.8. The van der Waals surface area contributed by atoms with Crippen molar-refractivity contribution in [3.05, 3.63) is 231 Å². The van der Waals surface area contributed by atoms with Gasteiger partial charge in [0.25, 0.3) is 0 Å². The average Bonchev–Trinajstić information content (AvgIpc) is 3.89. The SMILES string of the molecule is c1ccc(-c2ccccc2N(c2ccc(-c3cccc(-n4c5ccccc5c5ccccc54)c3)cc2)c2ccc(-c3cccc4c3sc3c5ccccc5ccc43)cc2)cc1. The zero-order valence-electron chi connectivity index (χ0n) is 33.2. The van der Waals surface area contributed by atoms with Gasteiger partial charge in [0.15, 0.2) is 0 Å². The summed E-state index contributed by atoms with van der Waals surface area (Å²) >= 11 is 1.90. The molecular weight excluding hydrogens is 757 g/mol. The molecule has 0 N–H and O–H groups in total. The molecule has 61 heavy (non-hydrogen) atoms. The fourth-order valence-electron chi connectivity index (χ4n) is 9.33. The summed E-state index contributed by atoms with van der Waals surface area (Å²) in [5, 5.41) is 7.76. The molecule has 0 radical (unpaired) electrons. The molecule has 2 heterocycles. The molecule has 0 spiro atoms. The second-order valence-corrected chi connectivity index (χ2v) is 16.7. The summed E-state index contributed by atoms with van der Waals surface area (Å²) in [6.45, 7) is 0. The maximum absolute atomic E-state index is 2.40. The van der Waals surface area contributed by atoms with Crippen LogP contribution in [0.5, 0.6) is 0 Å². The number of hydrogen-bond donors (Lipinski definition) is 0. The van der Waals surface area contributed by atoms with Gasteiger partial charge in [-0.05, 0) is 93.2 Å². The van der Waals surface area contributed by atoms with E-state index in [1.165, 1.54) is 86.1 Å². The Labute approximate surface area is 358 Å². The summed E-state index contributed by atoms with van der Waals surface area (Å²) in [6, 6.07) is 84.0. The summed E-state index contributed by atoms with van der Waals surface area (Å²) in [4.78, 5) is 2.40. The zero-order valence-corrected chi connectivity index (χ0v) is 34.1. The lowest BCUT2D eigenvalue weighted by molar-refractivity contribution is 1.18. The fraction of sp³-hybridized carbons (Fsp3) is 0. The van der Waals surface area contributed by atoms with E-state index in [0.29, 0.717) is 0 Å². The molecule has 12 aromatic rings. The van der Waals surface area contributed by atoms with E-state index in [0.717, 1.165) is 22.7 Å². The van der Waals surface area contributed by atoms with Crippen molar-refractivity contribution in [3.63, 3.8) is 0 Å². The van der Waals surface area contributed by atoms with E-state index in [4.69, 9.17) is 0 Å². The molecule has 286 valence electrons. The minimum atomic E-state index is 1.09. The standard InChI is InChI=1S/C58H38N2S/c1-2-14-40(15-3-1)47-19-6-9-25-54(47)59(45-35-30-42(31-36-45)49-23-13-24-52-53-37-32-41-16-4-5-20-48(41)58(53)61-57(49)52)44-33-28-39(29-34-44)43-17-12-18-46(38-43)60-55-26-10-7-21-50(55)51-22-8-11-27-56(51)60/h1-38H. The molecule has 0 amide bonds. The van der Waals surface area contributed by atoms with Crippen molar-refractivity contribution in [2.45, 2.75) is 0 Å². The van der Waals surface area contributed by atoms with Crippen LogP contribution in [0.4, 0.5) is 17.1 Å². The average molecular weight is 795 g/mol. The second kappa shape index (κ2) is 14.5. The summed E-state index contributed by atoms with van der Waals surface area (Å²) in [6.07, 6.45) is 0. The van der Waals surface area contributed by atoms with Gasteiger partial charge in [0.05, 0.1) is 16.7 Å². The van der Waals surface area contributed by atoms with E-state index < -0.39 is 0 Å². The lowest BCUT2D eigenvalue weighted by Gasteiger charge is -2.28. The second-order valence-electron chi connectivity index (χ2n) is 15.7. The highest BCUT2D eigenvalue weighted by molar-refractivity contribution is 7.27. The molecule has 0 fully saturated rings. The largest absolute Gasteiger partial charge is 0.310 e. The highest BCUT2D eigenvalue weighted by Crippen LogP contribution is 2.45. The van der Waals surface area contributed by atoms with Gasteiger partial charge in [-0.2, -0.15) is 0 Å². The molecule has 3 heteroatoms. The van der Waals surface area contributed by atoms with E-state index in [2.05, 4.69) is 240 Å². The zero-order chi connectivity index (χ0) is 40.3. The first-order chi connectivity index (χ1) is 30.3. The highest BCUT2D eigenvalue weighted by atomic mass is 32.1. The highest BCUT2D eigenvalue weighted by Gasteiger charge is 2.19. The summed E-state index contributed by atoms with van der Waals surface area (Å²) in [5.41, 5.74) is 14.1. The fourth-order valence-corrected chi connectivity index (χ4v) is 10.7. The number of thiophene rings is 1. The lowest BCUT2D eigenvalue weighted by Crippen LogP contribution is -2.11. The van der Waals surface area contributed by atoms with Crippen molar-refractivity contribution < 1.29 is 0 Å². The van der Waals surface area contributed by atoms with Crippen LogP contribution in [0.2, 0.25) is 0 Å². The Morgan fingerprint density at radius 1 is 0.328 bits per heavy atom. The molecule has 2 nitrogen and oxygen atoms in total. The van der Waals surface area contributed by atoms with Gasteiger partial charge in [-0.3, -0.25) is 0 Å². The Hall–Kier alpha value is -7.72. The van der Waals surface area contributed by atoms with Gasteiger partial charge >= 0.3 is 0 Å². The van der Waals surface area contributed by atoms with E-state index in [-0.39, 0.29) is 0 Å². The van der Waals surface area contributed by atoms with Crippen LogP contribution in [0.1, 0.15) is 0 Å².